The van der Waals surface area contributed by atoms with Crippen LogP contribution in [-0.4, -0.2) is 23.8 Å². The lowest BCUT2D eigenvalue weighted by Gasteiger charge is -2.30. The Kier molecular flexibility index (Phi) is 3.69. The van der Waals surface area contributed by atoms with Crippen LogP contribution in [0.4, 0.5) is 0 Å². The average Bonchev–Trinajstić information content (AvgIpc) is 2.87. The maximum atomic E-state index is 11.3. The summed E-state index contributed by atoms with van der Waals surface area (Å²) in [5.41, 5.74) is 4.54. The predicted molar refractivity (Wildman–Crippen MR) is 77.2 cm³/mol. The van der Waals surface area contributed by atoms with E-state index in [-0.39, 0.29) is 0 Å². The molecule has 0 aromatic heterocycles. The molecule has 1 fully saturated rings. The van der Waals surface area contributed by atoms with Crippen molar-refractivity contribution in [2.24, 2.45) is 0 Å². The van der Waals surface area contributed by atoms with E-state index in [1.165, 1.54) is 24.8 Å². The summed E-state index contributed by atoms with van der Waals surface area (Å²) in [5, 5.41) is 0. The van der Waals surface area contributed by atoms with Gasteiger partial charge < -0.3 is 0 Å². The van der Waals surface area contributed by atoms with E-state index in [0.29, 0.717) is 11.8 Å². The van der Waals surface area contributed by atoms with Gasteiger partial charge in [-0.25, -0.2) is 0 Å². The van der Waals surface area contributed by atoms with E-state index >= 15 is 0 Å². The zero-order valence-corrected chi connectivity index (χ0v) is 11.8. The molecule has 0 saturated heterocycles. The standard InChI is InChI=1S/C17H23NO/c1-18(16-7-9-17(19)10-8-16)12-13-5-6-14-3-2-4-15(14)11-13/h5-6,11,16H,2-4,7-10,12H2,1H3. The van der Waals surface area contributed by atoms with Crippen molar-refractivity contribution in [1.29, 1.82) is 0 Å². The number of carbonyl (C=O) groups is 1. The highest BCUT2D eigenvalue weighted by Crippen LogP contribution is 2.25. The Hall–Kier alpha value is -1.15. The molecular weight excluding hydrogens is 234 g/mol. The van der Waals surface area contributed by atoms with E-state index in [2.05, 4.69) is 30.1 Å². The fourth-order valence-electron chi connectivity index (χ4n) is 3.51. The second-order valence-corrected chi connectivity index (χ2v) is 6.14. The van der Waals surface area contributed by atoms with Gasteiger partial charge in [0.15, 0.2) is 0 Å². The third kappa shape index (κ3) is 2.89. The molecule has 2 heteroatoms. The SMILES string of the molecule is CN(Cc1ccc2c(c1)CCC2)C1CCC(=O)CC1. The molecule has 0 amide bonds. The fourth-order valence-corrected chi connectivity index (χ4v) is 3.51. The molecule has 0 spiro atoms. The van der Waals surface area contributed by atoms with Gasteiger partial charge in [0.05, 0.1) is 0 Å². The van der Waals surface area contributed by atoms with Crippen LogP contribution in [0.3, 0.4) is 0 Å². The van der Waals surface area contributed by atoms with Crippen molar-refractivity contribution in [1.82, 2.24) is 4.90 Å². The van der Waals surface area contributed by atoms with Gasteiger partial charge in [0, 0.05) is 25.4 Å². The maximum Gasteiger partial charge on any atom is 0.133 e. The van der Waals surface area contributed by atoms with Gasteiger partial charge >= 0.3 is 0 Å². The van der Waals surface area contributed by atoms with E-state index in [4.69, 9.17) is 0 Å². The highest BCUT2D eigenvalue weighted by Gasteiger charge is 2.22. The Balaban J connectivity index is 1.63. The van der Waals surface area contributed by atoms with Crippen LogP contribution in [-0.2, 0) is 24.2 Å². The first-order valence-corrected chi connectivity index (χ1v) is 7.55. The van der Waals surface area contributed by atoms with Gasteiger partial charge in [0.1, 0.15) is 5.78 Å². The lowest BCUT2D eigenvalue weighted by Crippen LogP contribution is -2.34. The molecule has 2 nitrogen and oxygen atoms in total. The van der Waals surface area contributed by atoms with Crippen molar-refractivity contribution in [3.8, 4) is 0 Å². The van der Waals surface area contributed by atoms with Crippen molar-refractivity contribution in [3.63, 3.8) is 0 Å². The van der Waals surface area contributed by atoms with Gasteiger partial charge in [0.2, 0.25) is 0 Å². The number of hydrogen-bond donors (Lipinski definition) is 0. The van der Waals surface area contributed by atoms with Crippen LogP contribution in [0.5, 0.6) is 0 Å². The third-order valence-electron chi connectivity index (χ3n) is 4.73. The molecule has 0 N–H and O–H groups in total. The summed E-state index contributed by atoms with van der Waals surface area (Å²) >= 11 is 0. The molecule has 0 aliphatic heterocycles. The molecule has 1 saturated carbocycles. The van der Waals surface area contributed by atoms with E-state index in [0.717, 1.165) is 32.2 Å². The van der Waals surface area contributed by atoms with Crippen molar-refractivity contribution in [2.45, 2.75) is 57.5 Å². The van der Waals surface area contributed by atoms with Crippen LogP contribution in [0.1, 0.15) is 48.8 Å². The number of aryl methyl sites for hydroxylation is 2. The quantitative estimate of drug-likeness (QED) is 0.829. The first kappa shape index (κ1) is 12.9. The van der Waals surface area contributed by atoms with Crippen LogP contribution in [0.15, 0.2) is 18.2 Å². The van der Waals surface area contributed by atoms with Gasteiger partial charge in [-0.2, -0.15) is 0 Å². The summed E-state index contributed by atoms with van der Waals surface area (Å²) in [4.78, 5) is 13.7. The number of nitrogens with zero attached hydrogens (tertiary/aromatic N) is 1. The third-order valence-corrected chi connectivity index (χ3v) is 4.73. The summed E-state index contributed by atoms with van der Waals surface area (Å²) in [6.45, 7) is 1.02. The zero-order chi connectivity index (χ0) is 13.2. The topological polar surface area (TPSA) is 20.3 Å². The van der Waals surface area contributed by atoms with Crippen LogP contribution < -0.4 is 0 Å². The average molecular weight is 257 g/mol. The molecule has 0 radical (unpaired) electrons. The molecular formula is C17H23NO. The summed E-state index contributed by atoms with van der Waals surface area (Å²) in [6, 6.07) is 7.59. The smallest absolute Gasteiger partial charge is 0.133 e. The van der Waals surface area contributed by atoms with Crippen molar-refractivity contribution < 1.29 is 4.79 Å². The van der Waals surface area contributed by atoms with Crippen LogP contribution >= 0.6 is 0 Å². The van der Waals surface area contributed by atoms with Crippen molar-refractivity contribution in [2.75, 3.05) is 7.05 Å². The Morgan fingerprint density at radius 1 is 1.11 bits per heavy atom. The van der Waals surface area contributed by atoms with E-state index in [9.17, 15) is 4.79 Å². The monoisotopic (exact) mass is 257 g/mol. The van der Waals surface area contributed by atoms with Gasteiger partial charge in [-0.15, -0.1) is 0 Å². The predicted octanol–water partition coefficient (Wildman–Crippen LogP) is 3.12. The van der Waals surface area contributed by atoms with Crippen molar-refractivity contribution in [3.05, 3.63) is 34.9 Å². The lowest BCUT2D eigenvalue weighted by atomic mass is 9.93. The summed E-state index contributed by atoms with van der Waals surface area (Å²) in [7, 11) is 2.20. The first-order valence-electron chi connectivity index (χ1n) is 7.55. The number of ketones is 1. The second-order valence-electron chi connectivity index (χ2n) is 6.14. The molecule has 0 unspecified atom stereocenters. The number of hydrogen-bond acceptors (Lipinski definition) is 2. The minimum Gasteiger partial charge on any atom is -0.300 e. The number of carbonyl (C=O) groups excluding carboxylic acids is 1. The van der Waals surface area contributed by atoms with E-state index < -0.39 is 0 Å². The zero-order valence-electron chi connectivity index (χ0n) is 11.8. The van der Waals surface area contributed by atoms with Crippen molar-refractivity contribution >= 4 is 5.78 Å². The van der Waals surface area contributed by atoms with Gasteiger partial charge in [0.25, 0.3) is 0 Å². The molecule has 1 aromatic rings. The molecule has 1 aromatic carbocycles. The number of Topliss-reactive ketones (excluding diaryl/α,β-unsaturated/α-hetero) is 1. The molecule has 0 atom stereocenters. The molecule has 3 rings (SSSR count). The summed E-state index contributed by atoms with van der Waals surface area (Å²) in [6.07, 6.45) is 7.47. The second kappa shape index (κ2) is 5.46. The molecule has 19 heavy (non-hydrogen) atoms. The minimum atomic E-state index is 0.446. The van der Waals surface area contributed by atoms with Crippen LogP contribution in [0.2, 0.25) is 0 Å². The van der Waals surface area contributed by atoms with Gasteiger partial charge in [-0.05, 0) is 55.8 Å². The Bertz CT molecular complexity index is 470. The van der Waals surface area contributed by atoms with E-state index in [1.807, 2.05) is 0 Å². The molecule has 0 heterocycles. The molecule has 102 valence electrons. The first-order chi connectivity index (χ1) is 9.22. The Labute approximate surface area is 115 Å². The Morgan fingerprint density at radius 3 is 2.63 bits per heavy atom. The Morgan fingerprint density at radius 2 is 1.84 bits per heavy atom. The molecule has 0 bridgehead atoms. The minimum absolute atomic E-state index is 0.446. The summed E-state index contributed by atoms with van der Waals surface area (Å²) < 4.78 is 0. The maximum absolute atomic E-state index is 11.3. The van der Waals surface area contributed by atoms with Crippen LogP contribution in [0.25, 0.3) is 0 Å². The molecule has 2 aliphatic rings. The number of fused-ring (bicyclic) bond motifs is 1. The van der Waals surface area contributed by atoms with Crippen LogP contribution in [0, 0.1) is 0 Å². The molecule has 2 aliphatic carbocycles. The lowest BCUT2D eigenvalue weighted by molar-refractivity contribution is -0.121. The van der Waals surface area contributed by atoms with Gasteiger partial charge in [-0.1, -0.05) is 18.2 Å². The number of benzene rings is 1. The summed E-state index contributed by atoms with van der Waals surface area (Å²) in [5.74, 6) is 0.446. The van der Waals surface area contributed by atoms with Gasteiger partial charge in [-0.3, -0.25) is 9.69 Å². The highest BCUT2D eigenvalue weighted by molar-refractivity contribution is 5.79. The number of rotatable bonds is 3. The van der Waals surface area contributed by atoms with E-state index in [1.54, 1.807) is 11.1 Å². The normalized spacial score (nSPS) is 20.0. The largest absolute Gasteiger partial charge is 0.300 e. The highest BCUT2D eigenvalue weighted by atomic mass is 16.1. The fraction of sp³-hybridized carbons (Fsp3) is 0.588.